The first-order valence-electron chi connectivity index (χ1n) is 16.1. The molecule has 0 unspecified atom stereocenters. The van der Waals surface area contributed by atoms with Gasteiger partial charge in [0.2, 0.25) is 0 Å². The van der Waals surface area contributed by atoms with Crippen LogP contribution in [0.3, 0.4) is 0 Å². The fourth-order valence-corrected chi connectivity index (χ4v) is 4.97. The van der Waals surface area contributed by atoms with E-state index in [4.69, 9.17) is 0 Å². The Balaban J connectivity index is 3.06. The molecule has 0 spiro atoms. The zero-order valence-electron chi connectivity index (χ0n) is 23.7. The molecule has 0 bridgehead atoms. The van der Waals surface area contributed by atoms with E-state index in [-0.39, 0.29) is 0 Å². The first kappa shape index (κ1) is 32.7. The molecule has 0 aliphatic heterocycles. The molecule has 0 rings (SSSR count). The van der Waals surface area contributed by atoms with E-state index in [1.807, 2.05) is 0 Å². The third-order valence-corrected chi connectivity index (χ3v) is 7.37. The predicted molar refractivity (Wildman–Crippen MR) is 154 cm³/mol. The lowest BCUT2D eigenvalue weighted by Gasteiger charge is -2.03. The smallest absolute Gasteiger partial charge is 0.0351 e. The van der Waals surface area contributed by atoms with Crippen LogP contribution in [-0.4, -0.2) is 0 Å². The molecule has 0 heterocycles. The normalized spacial score (nSPS) is 11.7. The van der Waals surface area contributed by atoms with Gasteiger partial charge >= 0.3 is 0 Å². The molecule has 33 heavy (non-hydrogen) atoms. The number of rotatable bonds is 29. The summed E-state index contributed by atoms with van der Waals surface area (Å²) in [5.41, 5.74) is 0. The molecule has 0 aromatic carbocycles. The molecule has 0 nitrogen and oxygen atoms in total. The van der Waals surface area contributed by atoms with Gasteiger partial charge in [0, 0.05) is 0 Å². The van der Waals surface area contributed by atoms with Crippen molar-refractivity contribution in [1.82, 2.24) is 0 Å². The van der Waals surface area contributed by atoms with E-state index in [0.29, 0.717) is 0 Å². The zero-order chi connectivity index (χ0) is 23.9. The van der Waals surface area contributed by atoms with E-state index in [1.54, 1.807) is 0 Å². The highest BCUT2D eigenvalue weighted by molar-refractivity contribution is 4.81. The molecule has 0 fully saturated rings. The van der Waals surface area contributed by atoms with Crippen LogP contribution < -0.4 is 0 Å². The summed E-state index contributed by atoms with van der Waals surface area (Å²) >= 11 is 0. The average Bonchev–Trinajstić information content (AvgIpc) is 2.83. The summed E-state index contributed by atoms with van der Waals surface area (Å²) in [6.45, 7) is 4.61. The van der Waals surface area contributed by atoms with Crippen molar-refractivity contribution in [3.8, 4) is 0 Å². The van der Waals surface area contributed by atoms with Crippen molar-refractivity contribution in [2.75, 3.05) is 0 Å². The predicted octanol–water partition coefficient (Wildman–Crippen LogP) is 12.9. The van der Waals surface area contributed by atoms with E-state index in [0.717, 1.165) is 0 Å². The van der Waals surface area contributed by atoms with Gasteiger partial charge in [0.1, 0.15) is 0 Å². The summed E-state index contributed by atoms with van der Waals surface area (Å²) in [4.78, 5) is 0. The van der Waals surface area contributed by atoms with E-state index >= 15 is 0 Å². The van der Waals surface area contributed by atoms with Crippen LogP contribution in [0.2, 0.25) is 0 Å². The van der Waals surface area contributed by atoms with Crippen LogP contribution in [0, 0.1) is 0 Å². The van der Waals surface area contributed by atoms with Crippen molar-refractivity contribution < 1.29 is 0 Å². The lowest BCUT2D eigenvalue weighted by Crippen LogP contribution is -1.83. The Morgan fingerprint density at radius 2 is 0.424 bits per heavy atom. The Bertz CT molecular complexity index is 342. The minimum Gasteiger partial charge on any atom is -0.0885 e. The third kappa shape index (κ3) is 31.7. The van der Waals surface area contributed by atoms with Crippen LogP contribution in [-0.2, 0) is 0 Å². The highest BCUT2D eigenvalue weighted by Crippen LogP contribution is 2.15. The van der Waals surface area contributed by atoms with Crippen molar-refractivity contribution >= 4 is 0 Å². The Kier molecular flexibility index (Phi) is 31.5. The van der Waals surface area contributed by atoms with Gasteiger partial charge in [0.25, 0.3) is 0 Å². The number of hydrogen-bond acceptors (Lipinski definition) is 0. The largest absolute Gasteiger partial charge is 0.0885 e. The molecule has 0 heteroatoms. The van der Waals surface area contributed by atoms with Crippen LogP contribution in [0.25, 0.3) is 0 Å². The fourth-order valence-electron chi connectivity index (χ4n) is 4.97. The highest BCUT2D eigenvalue weighted by atomic mass is 14.0. The number of unbranched alkanes of at least 4 members (excludes halogenated alkanes) is 27. The molecule has 0 atom stereocenters. The Hall–Kier alpha value is -0.260. The van der Waals surface area contributed by atoms with Gasteiger partial charge in [0.15, 0.2) is 0 Å². The molecule has 0 saturated heterocycles. The SMILES string of the molecule is CCCCCCCCCCCCCCC=CCCCCCCCCCCCCCCCCC. The molecule has 198 valence electrons. The van der Waals surface area contributed by atoms with Crippen LogP contribution in [0.15, 0.2) is 12.2 Å². The van der Waals surface area contributed by atoms with E-state index in [2.05, 4.69) is 26.0 Å². The Morgan fingerprint density at radius 3 is 0.636 bits per heavy atom. The van der Waals surface area contributed by atoms with Crippen molar-refractivity contribution in [2.24, 2.45) is 0 Å². The van der Waals surface area contributed by atoms with Crippen molar-refractivity contribution in [1.29, 1.82) is 0 Å². The molecular formula is C33H66. The first-order valence-corrected chi connectivity index (χ1v) is 16.1. The molecular weight excluding hydrogens is 396 g/mol. The van der Waals surface area contributed by atoms with Crippen LogP contribution in [0.5, 0.6) is 0 Å². The second-order valence-corrected chi connectivity index (χ2v) is 10.9. The van der Waals surface area contributed by atoms with Gasteiger partial charge in [-0.1, -0.05) is 187 Å². The van der Waals surface area contributed by atoms with Gasteiger partial charge in [-0.25, -0.2) is 0 Å². The third-order valence-electron chi connectivity index (χ3n) is 7.37. The Labute approximate surface area is 212 Å². The van der Waals surface area contributed by atoms with Crippen molar-refractivity contribution in [2.45, 2.75) is 200 Å². The highest BCUT2D eigenvalue weighted by Gasteiger charge is 1.95. The average molecular weight is 463 g/mol. The maximum Gasteiger partial charge on any atom is -0.0351 e. The maximum atomic E-state index is 2.46. The summed E-state index contributed by atoms with van der Waals surface area (Å²) in [5, 5.41) is 0. The van der Waals surface area contributed by atoms with E-state index in [1.165, 1.54) is 186 Å². The monoisotopic (exact) mass is 463 g/mol. The molecule has 0 radical (unpaired) electrons. The zero-order valence-corrected chi connectivity index (χ0v) is 23.7. The lowest BCUT2D eigenvalue weighted by molar-refractivity contribution is 0.532. The fraction of sp³-hybridized carbons (Fsp3) is 0.939. The quantitative estimate of drug-likeness (QED) is 0.0765. The Morgan fingerprint density at radius 1 is 0.242 bits per heavy atom. The molecule has 0 saturated carbocycles. The second kappa shape index (κ2) is 31.7. The molecule has 0 aliphatic rings. The van der Waals surface area contributed by atoms with Gasteiger partial charge in [-0.2, -0.15) is 0 Å². The topological polar surface area (TPSA) is 0 Å². The molecule has 0 aromatic heterocycles. The number of allylic oxidation sites excluding steroid dienone is 2. The molecule has 0 aromatic rings. The minimum absolute atomic E-state index is 1.32. The van der Waals surface area contributed by atoms with Crippen molar-refractivity contribution in [3.05, 3.63) is 12.2 Å². The van der Waals surface area contributed by atoms with Gasteiger partial charge in [-0.15, -0.1) is 0 Å². The van der Waals surface area contributed by atoms with Gasteiger partial charge in [-0.05, 0) is 25.7 Å². The maximum absolute atomic E-state index is 2.46. The summed E-state index contributed by atoms with van der Waals surface area (Å²) < 4.78 is 0. The van der Waals surface area contributed by atoms with Crippen LogP contribution in [0.1, 0.15) is 200 Å². The van der Waals surface area contributed by atoms with Gasteiger partial charge in [0.05, 0.1) is 0 Å². The van der Waals surface area contributed by atoms with E-state index < -0.39 is 0 Å². The summed E-state index contributed by atoms with van der Waals surface area (Å²) in [6.07, 6.45) is 46.9. The summed E-state index contributed by atoms with van der Waals surface area (Å²) in [5.74, 6) is 0. The standard InChI is InChI=1S/C33H66/c1-3-5-7-9-11-13-15-17-19-21-23-25-27-29-31-33-32-30-28-26-24-22-20-18-16-14-12-10-8-6-4-2/h29,31H,3-28,30,32-33H2,1-2H3. The molecule has 0 amide bonds. The minimum atomic E-state index is 1.32. The first-order chi connectivity index (χ1) is 16.4. The van der Waals surface area contributed by atoms with Crippen LogP contribution >= 0.6 is 0 Å². The van der Waals surface area contributed by atoms with Gasteiger partial charge in [-0.3, -0.25) is 0 Å². The molecule has 0 N–H and O–H groups in total. The summed E-state index contributed by atoms with van der Waals surface area (Å²) in [6, 6.07) is 0. The summed E-state index contributed by atoms with van der Waals surface area (Å²) in [7, 11) is 0. The molecule has 0 aliphatic carbocycles. The van der Waals surface area contributed by atoms with Crippen LogP contribution in [0.4, 0.5) is 0 Å². The van der Waals surface area contributed by atoms with Crippen molar-refractivity contribution in [3.63, 3.8) is 0 Å². The number of hydrogen-bond donors (Lipinski definition) is 0. The van der Waals surface area contributed by atoms with E-state index in [9.17, 15) is 0 Å². The second-order valence-electron chi connectivity index (χ2n) is 10.9. The van der Waals surface area contributed by atoms with Gasteiger partial charge < -0.3 is 0 Å². The lowest BCUT2D eigenvalue weighted by atomic mass is 10.0.